The van der Waals surface area contributed by atoms with E-state index in [0.717, 1.165) is 32.2 Å². The smallest absolute Gasteiger partial charge is 0.231 e. The molecule has 0 aromatic rings. The minimum Gasteiger partial charge on any atom is -0.369 e. The predicted octanol–water partition coefficient (Wildman–Crippen LogP) is 0.695. The summed E-state index contributed by atoms with van der Waals surface area (Å²) in [7, 11) is 0. The average Bonchev–Trinajstić information content (AvgIpc) is 2.58. The number of hydrogen-bond acceptors (Lipinski definition) is 3. The Kier molecular flexibility index (Phi) is 4.75. The maximum atomic E-state index is 11.6. The second kappa shape index (κ2) is 5.85. The molecule has 0 heterocycles. The molecule has 0 aliphatic heterocycles. The van der Waals surface area contributed by atoms with Gasteiger partial charge in [0.25, 0.3) is 0 Å². The highest BCUT2D eigenvalue weighted by Gasteiger charge is 2.30. The lowest BCUT2D eigenvalue weighted by Gasteiger charge is -2.26. The van der Waals surface area contributed by atoms with E-state index in [2.05, 4.69) is 6.92 Å². The second-order valence-corrected chi connectivity index (χ2v) is 4.16. The molecule has 4 nitrogen and oxygen atoms in total. The maximum absolute atomic E-state index is 11.6. The Morgan fingerprint density at radius 3 is 2.80 bits per heavy atom. The molecule has 1 fully saturated rings. The second-order valence-electron chi connectivity index (χ2n) is 4.16. The molecular formula is C11H20N2O2. The van der Waals surface area contributed by atoms with Crippen molar-refractivity contribution in [3.63, 3.8) is 0 Å². The van der Waals surface area contributed by atoms with Gasteiger partial charge in [0, 0.05) is 6.42 Å². The van der Waals surface area contributed by atoms with E-state index in [1.165, 1.54) is 0 Å². The van der Waals surface area contributed by atoms with Gasteiger partial charge in [-0.1, -0.05) is 13.3 Å². The number of nitrogens with zero attached hydrogens (tertiary/aromatic N) is 1. The highest BCUT2D eigenvalue weighted by molar-refractivity contribution is 5.86. The van der Waals surface area contributed by atoms with Gasteiger partial charge in [-0.2, -0.15) is 0 Å². The number of nitrogens with two attached hydrogens (primary N) is 1. The van der Waals surface area contributed by atoms with Crippen molar-refractivity contribution in [2.24, 2.45) is 5.73 Å². The van der Waals surface area contributed by atoms with Crippen LogP contribution in [0.3, 0.4) is 0 Å². The van der Waals surface area contributed by atoms with E-state index in [4.69, 9.17) is 5.73 Å². The molecule has 0 bridgehead atoms. The van der Waals surface area contributed by atoms with E-state index < -0.39 is 0 Å². The molecule has 1 aliphatic carbocycles. The van der Waals surface area contributed by atoms with Crippen LogP contribution in [0.15, 0.2) is 0 Å². The molecule has 0 radical (unpaired) electrons. The highest BCUT2D eigenvalue weighted by atomic mass is 16.1. The summed E-state index contributed by atoms with van der Waals surface area (Å²) in [6.45, 7) is 3.12. The molecular weight excluding hydrogens is 192 g/mol. The Bertz CT molecular complexity index is 241. The van der Waals surface area contributed by atoms with Crippen molar-refractivity contribution in [2.45, 2.75) is 45.1 Å². The monoisotopic (exact) mass is 212 g/mol. The molecule has 0 aromatic carbocycles. The molecule has 1 saturated carbocycles. The van der Waals surface area contributed by atoms with Crippen LogP contribution >= 0.6 is 0 Å². The zero-order valence-electron chi connectivity index (χ0n) is 9.37. The molecule has 1 atom stereocenters. The summed E-state index contributed by atoms with van der Waals surface area (Å²) in [5.41, 5.74) is 5.19. The van der Waals surface area contributed by atoms with E-state index in [9.17, 15) is 9.59 Å². The van der Waals surface area contributed by atoms with Crippen LogP contribution in [0, 0.1) is 0 Å². The lowest BCUT2D eigenvalue weighted by Crippen LogP contribution is -2.43. The van der Waals surface area contributed by atoms with E-state index >= 15 is 0 Å². The average molecular weight is 212 g/mol. The number of primary amides is 1. The first kappa shape index (κ1) is 12.2. The van der Waals surface area contributed by atoms with E-state index in [1.807, 2.05) is 4.90 Å². The fraction of sp³-hybridized carbons (Fsp3) is 0.818. The first-order chi connectivity index (χ1) is 7.15. The van der Waals surface area contributed by atoms with Crippen LogP contribution in [0.2, 0.25) is 0 Å². The van der Waals surface area contributed by atoms with Crippen molar-refractivity contribution in [1.82, 2.24) is 4.90 Å². The minimum absolute atomic E-state index is 0.0518. The van der Waals surface area contributed by atoms with Crippen LogP contribution in [-0.4, -0.2) is 35.7 Å². The lowest BCUT2D eigenvalue weighted by atomic mass is 10.1. The molecule has 4 heteroatoms. The van der Waals surface area contributed by atoms with E-state index in [0.29, 0.717) is 6.42 Å². The molecule has 0 spiro atoms. The van der Waals surface area contributed by atoms with Crippen molar-refractivity contribution >= 4 is 11.7 Å². The molecule has 1 aliphatic rings. The third-order valence-electron chi connectivity index (χ3n) is 2.87. The first-order valence-electron chi connectivity index (χ1n) is 5.70. The molecule has 1 rings (SSSR count). The zero-order valence-corrected chi connectivity index (χ0v) is 9.37. The summed E-state index contributed by atoms with van der Waals surface area (Å²) in [6, 6.07) is -0.0518. The summed E-state index contributed by atoms with van der Waals surface area (Å²) in [5, 5.41) is 0. The summed E-state index contributed by atoms with van der Waals surface area (Å²) in [6.07, 6.45) is 4.57. The minimum atomic E-state index is -0.342. The van der Waals surface area contributed by atoms with Gasteiger partial charge in [-0.25, -0.2) is 0 Å². The normalized spacial score (nSPS) is 21.2. The summed E-state index contributed by atoms with van der Waals surface area (Å²) in [4.78, 5) is 24.4. The molecule has 0 saturated heterocycles. The van der Waals surface area contributed by atoms with Crippen LogP contribution < -0.4 is 5.73 Å². The number of carbonyl (C=O) groups excluding carboxylic acids is 2. The van der Waals surface area contributed by atoms with Crippen molar-refractivity contribution in [1.29, 1.82) is 0 Å². The number of ketones is 1. The topological polar surface area (TPSA) is 63.4 Å². The Morgan fingerprint density at radius 2 is 2.33 bits per heavy atom. The number of unbranched alkanes of at least 4 members (excludes halogenated alkanes) is 1. The van der Waals surface area contributed by atoms with Crippen LogP contribution in [-0.2, 0) is 9.59 Å². The quantitative estimate of drug-likeness (QED) is 0.704. The van der Waals surface area contributed by atoms with Gasteiger partial charge in [-0.15, -0.1) is 0 Å². The molecule has 2 N–H and O–H groups in total. The lowest BCUT2D eigenvalue weighted by molar-refractivity contribution is -0.124. The van der Waals surface area contributed by atoms with Crippen molar-refractivity contribution in [3.05, 3.63) is 0 Å². The number of rotatable bonds is 6. The summed E-state index contributed by atoms with van der Waals surface area (Å²) >= 11 is 0. The first-order valence-corrected chi connectivity index (χ1v) is 5.70. The number of amides is 1. The fourth-order valence-electron chi connectivity index (χ4n) is 2.09. The van der Waals surface area contributed by atoms with Gasteiger partial charge in [0.1, 0.15) is 5.78 Å². The Hall–Kier alpha value is -0.900. The Labute approximate surface area is 90.8 Å². The van der Waals surface area contributed by atoms with Gasteiger partial charge in [0.15, 0.2) is 0 Å². The molecule has 0 aromatic heterocycles. The third kappa shape index (κ3) is 3.63. The van der Waals surface area contributed by atoms with Crippen LogP contribution in [0.25, 0.3) is 0 Å². The van der Waals surface area contributed by atoms with Gasteiger partial charge in [0.05, 0.1) is 12.6 Å². The third-order valence-corrected chi connectivity index (χ3v) is 2.87. The summed E-state index contributed by atoms with van der Waals surface area (Å²) < 4.78 is 0. The fourth-order valence-corrected chi connectivity index (χ4v) is 2.09. The van der Waals surface area contributed by atoms with Crippen molar-refractivity contribution in [3.8, 4) is 0 Å². The molecule has 1 unspecified atom stereocenters. The van der Waals surface area contributed by atoms with Gasteiger partial charge >= 0.3 is 0 Å². The Morgan fingerprint density at radius 1 is 1.60 bits per heavy atom. The largest absolute Gasteiger partial charge is 0.369 e. The molecule has 86 valence electrons. The SMILES string of the molecule is CCCCN(CC(N)=O)C1CCCC1=O. The van der Waals surface area contributed by atoms with E-state index in [1.54, 1.807) is 0 Å². The van der Waals surface area contributed by atoms with Gasteiger partial charge < -0.3 is 5.73 Å². The summed E-state index contributed by atoms with van der Waals surface area (Å²) in [5.74, 6) is -0.0712. The zero-order chi connectivity index (χ0) is 11.3. The predicted molar refractivity (Wildman–Crippen MR) is 58.3 cm³/mol. The van der Waals surface area contributed by atoms with Crippen molar-refractivity contribution in [2.75, 3.05) is 13.1 Å². The van der Waals surface area contributed by atoms with Gasteiger partial charge in [-0.3, -0.25) is 14.5 Å². The molecule has 1 amide bonds. The van der Waals surface area contributed by atoms with Crippen LogP contribution in [0.5, 0.6) is 0 Å². The number of hydrogen-bond donors (Lipinski definition) is 1. The number of carbonyl (C=O) groups is 2. The van der Waals surface area contributed by atoms with Gasteiger partial charge in [0.2, 0.25) is 5.91 Å². The standard InChI is InChI=1S/C11H20N2O2/c1-2-3-7-13(8-11(12)15)9-5-4-6-10(9)14/h9H,2-8H2,1H3,(H2,12,15). The van der Waals surface area contributed by atoms with Gasteiger partial charge in [-0.05, 0) is 25.8 Å². The highest BCUT2D eigenvalue weighted by Crippen LogP contribution is 2.20. The van der Waals surface area contributed by atoms with Crippen LogP contribution in [0.1, 0.15) is 39.0 Å². The number of Topliss-reactive ketones (excluding diaryl/α,β-unsaturated/α-hetero) is 1. The Balaban J connectivity index is 2.53. The maximum Gasteiger partial charge on any atom is 0.231 e. The van der Waals surface area contributed by atoms with Crippen LogP contribution in [0.4, 0.5) is 0 Å². The molecule has 15 heavy (non-hydrogen) atoms. The van der Waals surface area contributed by atoms with Crippen molar-refractivity contribution < 1.29 is 9.59 Å². The van der Waals surface area contributed by atoms with E-state index in [-0.39, 0.29) is 24.3 Å².